The Morgan fingerprint density at radius 1 is 1.20 bits per heavy atom. The maximum Gasteiger partial charge on any atom is 0.254 e. The maximum absolute atomic E-state index is 11.9. The van der Waals surface area contributed by atoms with E-state index in [1.165, 1.54) is 11.0 Å². The Bertz CT molecular complexity index is 1040. The highest BCUT2D eigenvalue weighted by Gasteiger charge is 2.23. The lowest BCUT2D eigenvalue weighted by Crippen LogP contribution is -2.43. The molecular weight excluding hydrogens is 406 g/mol. The van der Waals surface area contributed by atoms with Crippen molar-refractivity contribution in [2.24, 2.45) is 11.5 Å². The topological polar surface area (TPSA) is 150 Å². The number of carbonyl (C=O) groups is 1. The number of hydrogen-bond acceptors (Lipinski definition) is 8. The van der Waals surface area contributed by atoms with Gasteiger partial charge in [-0.15, -0.1) is 0 Å². The van der Waals surface area contributed by atoms with Crippen LogP contribution in [0.5, 0.6) is 0 Å². The molecule has 0 aliphatic heterocycles. The van der Waals surface area contributed by atoms with Gasteiger partial charge in [0.05, 0.1) is 17.4 Å². The number of nitrogens with one attached hydrogen (secondary N) is 2. The van der Waals surface area contributed by atoms with Gasteiger partial charge in [0.25, 0.3) is 5.91 Å². The first-order valence-corrected chi connectivity index (χ1v) is 10.0. The summed E-state index contributed by atoms with van der Waals surface area (Å²) in [6, 6.07) is 5.33. The summed E-state index contributed by atoms with van der Waals surface area (Å²) in [7, 11) is 0. The van der Waals surface area contributed by atoms with Crippen molar-refractivity contribution >= 4 is 35.0 Å². The molecule has 2 heterocycles. The van der Waals surface area contributed by atoms with Crippen LogP contribution in [0.25, 0.3) is 5.69 Å². The van der Waals surface area contributed by atoms with Crippen molar-refractivity contribution in [3.63, 3.8) is 0 Å². The van der Waals surface area contributed by atoms with Crippen molar-refractivity contribution in [3.8, 4) is 5.69 Å². The number of rotatable bonds is 6. The molecule has 11 heteroatoms. The van der Waals surface area contributed by atoms with E-state index in [1.54, 1.807) is 30.6 Å². The summed E-state index contributed by atoms with van der Waals surface area (Å²) in [6.07, 6.45) is 8.64. The highest BCUT2D eigenvalue weighted by atomic mass is 35.5. The molecule has 0 saturated heterocycles. The van der Waals surface area contributed by atoms with E-state index in [-0.39, 0.29) is 23.5 Å². The molecule has 1 fully saturated rings. The van der Waals surface area contributed by atoms with Gasteiger partial charge < -0.3 is 22.1 Å². The molecule has 0 spiro atoms. The van der Waals surface area contributed by atoms with Crippen LogP contribution in [0.1, 0.15) is 36.0 Å². The fraction of sp³-hybridized carbons (Fsp3) is 0.316. The largest absolute Gasteiger partial charge is 0.365 e. The van der Waals surface area contributed by atoms with Gasteiger partial charge in [-0.05, 0) is 31.0 Å². The molecule has 4 rings (SSSR count). The van der Waals surface area contributed by atoms with E-state index in [9.17, 15) is 4.79 Å². The summed E-state index contributed by atoms with van der Waals surface area (Å²) in [5.41, 5.74) is 13.1. The molecule has 1 aliphatic rings. The van der Waals surface area contributed by atoms with Gasteiger partial charge in [-0.25, -0.2) is 4.98 Å². The van der Waals surface area contributed by atoms with E-state index in [2.05, 4.69) is 30.8 Å². The minimum Gasteiger partial charge on any atom is -0.365 e. The molecule has 10 nitrogen and oxygen atoms in total. The number of benzene rings is 1. The monoisotopic (exact) mass is 427 g/mol. The molecule has 156 valence electrons. The van der Waals surface area contributed by atoms with Crippen LogP contribution < -0.4 is 22.1 Å². The van der Waals surface area contributed by atoms with Crippen LogP contribution in [0, 0.1) is 0 Å². The minimum absolute atomic E-state index is 0.0370. The maximum atomic E-state index is 11.9. The van der Waals surface area contributed by atoms with Crippen LogP contribution in [0.3, 0.4) is 0 Å². The minimum atomic E-state index is -0.638. The third-order valence-corrected chi connectivity index (χ3v) is 5.35. The van der Waals surface area contributed by atoms with E-state index >= 15 is 0 Å². The molecule has 3 aromatic rings. The Kier molecular flexibility index (Phi) is 5.77. The number of carbonyl (C=O) groups excluding carboxylic acids is 1. The van der Waals surface area contributed by atoms with Gasteiger partial charge in [0.1, 0.15) is 17.1 Å². The number of hydrogen-bond donors (Lipinski definition) is 4. The Labute approximate surface area is 178 Å². The molecular formula is C19H22ClN9O. The number of anilines is 3. The number of amides is 1. The number of nitrogens with two attached hydrogens (primary N) is 2. The second-order valence-corrected chi connectivity index (χ2v) is 7.54. The Balaban J connectivity index is 1.62. The predicted octanol–water partition coefficient (Wildman–Crippen LogP) is 2.23. The van der Waals surface area contributed by atoms with Crippen molar-refractivity contribution in [1.29, 1.82) is 0 Å². The fourth-order valence-electron chi connectivity index (χ4n) is 3.45. The van der Waals surface area contributed by atoms with Crippen molar-refractivity contribution in [1.82, 2.24) is 25.0 Å². The third kappa shape index (κ3) is 4.34. The lowest BCUT2D eigenvalue weighted by molar-refractivity contribution is 0.100. The summed E-state index contributed by atoms with van der Waals surface area (Å²) < 4.78 is 0. The zero-order valence-electron chi connectivity index (χ0n) is 16.1. The summed E-state index contributed by atoms with van der Waals surface area (Å²) >= 11 is 6.27. The van der Waals surface area contributed by atoms with Crippen LogP contribution >= 0.6 is 11.6 Å². The molecule has 6 N–H and O–H groups in total. The summed E-state index contributed by atoms with van der Waals surface area (Å²) in [6.45, 7) is 0. The van der Waals surface area contributed by atoms with Gasteiger partial charge in [0.15, 0.2) is 0 Å². The smallest absolute Gasteiger partial charge is 0.254 e. The Morgan fingerprint density at radius 3 is 2.70 bits per heavy atom. The van der Waals surface area contributed by atoms with Crippen molar-refractivity contribution < 1.29 is 4.79 Å². The van der Waals surface area contributed by atoms with Gasteiger partial charge in [-0.3, -0.25) is 4.79 Å². The zero-order valence-corrected chi connectivity index (χ0v) is 16.9. The van der Waals surface area contributed by atoms with Crippen molar-refractivity contribution in [3.05, 3.63) is 47.4 Å². The number of halogens is 1. The zero-order chi connectivity index (χ0) is 21.1. The molecule has 0 bridgehead atoms. The molecule has 1 amide bonds. The standard InChI is InChI=1S/C19H22ClN9O/c20-13-6-5-11(9-16(13)29-24-7-8-25-29)26-18-12(17(22)30)10-23-19(28-18)27-15-4-2-1-3-14(15)21/h5-10,14-15H,1-4,21H2,(H2,22,30)(H2,23,26,27,28)/t14-,15+/m0/s1. The molecule has 1 saturated carbocycles. The van der Waals surface area contributed by atoms with Crippen molar-refractivity contribution in [2.75, 3.05) is 10.6 Å². The molecule has 2 aromatic heterocycles. The first kappa shape index (κ1) is 20.0. The number of primary amides is 1. The second kappa shape index (κ2) is 8.64. The lowest BCUT2D eigenvalue weighted by atomic mass is 9.91. The van der Waals surface area contributed by atoms with E-state index in [0.717, 1.165) is 25.7 Å². The average molecular weight is 428 g/mol. The fourth-order valence-corrected chi connectivity index (χ4v) is 3.65. The summed E-state index contributed by atoms with van der Waals surface area (Å²) in [4.78, 5) is 22.0. The van der Waals surface area contributed by atoms with Crippen LogP contribution in [0.15, 0.2) is 36.8 Å². The van der Waals surface area contributed by atoms with Gasteiger partial charge in [0, 0.05) is 24.0 Å². The molecule has 0 unspecified atom stereocenters. The van der Waals surface area contributed by atoms with E-state index < -0.39 is 5.91 Å². The van der Waals surface area contributed by atoms with Gasteiger partial charge in [-0.1, -0.05) is 24.4 Å². The highest BCUT2D eigenvalue weighted by molar-refractivity contribution is 6.32. The van der Waals surface area contributed by atoms with Crippen LogP contribution in [-0.2, 0) is 0 Å². The Morgan fingerprint density at radius 2 is 1.97 bits per heavy atom. The van der Waals surface area contributed by atoms with Gasteiger partial charge in [-0.2, -0.15) is 20.0 Å². The van der Waals surface area contributed by atoms with Gasteiger partial charge >= 0.3 is 0 Å². The highest BCUT2D eigenvalue weighted by Crippen LogP contribution is 2.27. The first-order chi connectivity index (χ1) is 14.5. The molecule has 0 radical (unpaired) electrons. The van der Waals surface area contributed by atoms with E-state index in [4.69, 9.17) is 23.1 Å². The normalized spacial score (nSPS) is 18.7. The van der Waals surface area contributed by atoms with Gasteiger partial charge in [0.2, 0.25) is 5.95 Å². The summed E-state index contributed by atoms with van der Waals surface area (Å²) in [5.74, 6) is 0.0280. The van der Waals surface area contributed by atoms with E-state index in [1.807, 2.05) is 0 Å². The molecule has 2 atom stereocenters. The first-order valence-electron chi connectivity index (χ1n) is 9.63. The van der Waals surface area contributed by atoms with E-state index in [0.29, 0.717) is 22.3 Å². The number of nitrogens with zero attached hydrogens (tertiary/aromatic N) is 5. The Hall–Kier alpha value is -3.24. The SMILES string of the molecule is NC(=O)c1cnc(N[C@@H]2CCCC[C@@H]2N)nc1Nc1ccc(Cl)c(-n2nccn2)c1. The number of aromatic nitrogens is 5. The molecule has 1 aliphatic carbocycles. The lowest BCUT2D eigenvalue weighted by Gasteiger charge is -2.29. The third-order valence-electron chi connectivity index (χ3n) is 5.03. The summed E-state index contributed by atoms with van der Waals surface area (Å²) in [5, 5.41) is 15.1. The van der Waals surface area contributed by atoms with Crippen molar-refractivity contribution in [2.45, 2.75) is 37.8 Å². The molecule has 1 aromatic carbocycles. The van der Waals surface area contributed by atoms with Crippen LogP contribution in [-0.4, -0.2) is 43.0 Å². The molecule has 30 heavy (non-hydrogen) atoms. The van der Waals surface area contributed by atoms with Crippen LogP contribution in [0.4, 0.5) is 17.5 Å². The quantitative estimate of drug-likeness (QED) is 0.467. The predicted molar refractivity (Wildman–Crippen MR) is 114 cm³/mol. The second-order valence-electron chi connectivity index (χ2n) is 7.13. The van der Waals surface area contributed by atoms with Crippen LogP contribution in [0.2, 0.25) is 5.02 Å². The average Bonchev–Trinajstić information content (AvgIpc) is 3.26.